The molecule has 1 saturated carbocycles. The van der Waals surface area contributed by atoms with Crippen LogP contribution in [0, 0.1) is 34.5 Å². The van der Waals surface area contributed by atoms with Crippen LogP contribution in [0.5, 0.6) is 0 Å². The number of benzene rings is 6. The molecular formula is C93H135Br2Cl4N5. The minimum Gasteiger partial charge on any atom is -0.330 e. The second-order valence-corrected chi connectivity index (χ2v) is 35.6. The van der Waals surface area contributed by atoms with Crippen molar-refractivity contribution in [2.24, 2.45) is 57.4 Å². The third-order valence-electron chi connectivity index (χ3n) is 21.5. The highest BCUT2D eigenvalue weighted by Gasteiger charge is 2.40. The van der Waals surface area contributed by atoms with Gasteiger partial charge in [0.25, 0.3) is 0 Å². The highest BCUT2D eigenvalue weighted by Crippen LogP contribution is 2.48. The Kier molecular flexibility index (Phi) is 41.4. The second kappa shape index (κ2) is 45.0. The standard InChI is InChI=1S/C17H23Cl.C16H24ClN.C15H22BrN.C15H20ClN.C15H22ClN.C14H20BrN.CH4/c1-13(2)14(3)17(11-5-4-6-12-17)15-7-9-16(18)10-8-15;1-12(15(2,3)4)16(5,10-11-18)13-6-8-14(17)9-7-13;1-11(15(2,3)4)14(9-10-17)12-5-7-13(16)8-6-12;1-11(2)12(3)15(8-9-17-10-15)13-4-6-14(16)7-5-13;1-11(2)12(3)15(4,9-10-17)13-5-7-14(16)8-6-13;1-10(2)11(3)14(8-9-16)12-4-6-13(15)7-5-12;/h7-10,13H,3-6,11-12H2,1-2H3;6-9H,1,10-11,18H2,2-5H3;5-8,14H,1,9-10,17H2,2-4H3;4-7,11,17H,3,8-10H2,1-2H3;5-8,11H,3,9-10,17H2,1-2,4H3;4-7,10,14H,3,8-9,16H2,1-2H3;1H4. The maximum absolute atomic E-state index is 6.02. The summed E-state index contributed by atoms with van der Waals surface area (Å²) >= 11 is 30.8. The van der Waals surface area contributed by atoms with E-state index in [4.69, 9.17) is 69.3 Å². The monoisotopic (exact) mass is 1620 g/mol. The van der Waals surface area contributed by atoms with Crippen LogP contribution in [0.2, 0.25) is 20.1 Å². The van der Waals surface area contributed by atoms with Gasteiger partial charge in [-0.2, -0.15) is 0 Å². The maximum Gasteiger partial charge on any atom is 0.0406 e. The molecule has 9 N–H and O–H groups in total. The van der Waals surface area contributed by atoms with Crippen LogP contribution < -0.4 is 28.3 Å². The number of halogens is 6. The lowest BCUT2D eigenvalue weighted by Crippen LogP contribution is -2.33. The number of nitrogens with two attached hydrogens (primary N) is 4. The van der Waals surface area contributed by atoms with Crippen LogP contribution in [-0.2, 0) is 21.7 Å². The van der Waals surface area contributed by atoms with Crippen LogP contribution in [0.3, 0.4) is 0 Å². The second-order valence-electron chi connectivity index (χ2n) is 32.1. The van der Waals surface area contributed by atoms with Gasteiger partial charge in [0.2, 0.25) is 0 Å². The topological polar surface area (TPSA) is 116 Å². The van der Waals surface area contributed by atoms with Crippen LogP contribution in [0.1, 0.15) is 228 Å². The Labute approximate surface area is 671 Å². The van der Waals surface area contributed by atoms with Gasteiger partial charge >= 0.3 is 0 Å². The molecular weight excluding hydrogens is 1490 g/mol. The molecule has 2 fully saturated rings. The van der Waals surface area contributed by atoms with E-state index in [1.165, 1.54) is 98.9 Å². The largest absolute Gasteiger partial charge is 0.330 e. The molecule has 574 valence electrons. The van der Waals surface area contributed by atoms with Crippen LogP contribution >= 0.6 is 78.3 Å². The molecule has 6 aromatic carbocycles. The zero-order valence-corrected chi connectivity index (χ0v) is 72.1. The van der Waals surface area contributed by atoms with Gasteiger partial charge in [-0.05, 0) is 218 Å². The summed E-state index contributed by atoms with van der Waals surface area (Å²) in [4.78, 5) is 0. The van der Waals surface area contributed by atoms with Gasteiger partial charge in [-0.25, -0.2) is 0 Å². The van der Waals surface area contributed by atoms with Gasteiger partial charge < -0.3 is 28.3 Å². The molecule has 5 nitrogen and oxygen atoms in total. The van der Waals surface area contributed by atoms with Crippen molar-refractivity contribution in [3.8, 4) is 0 Å². The molecule has 0 amide bonds. The quantitative estimate of drug-likeness (QED) is 0.0387. The van der Waals surface area contributed by atoms with E-state index in [2.05, 4.69) is 284 Å². The maximum atomic E-state index is 6.02. The Hall–Kier alpha value is -4.32. The van der Waals surface area contributed by atoms with E-state index >= 15 is 0 Å². The van der Waals surface area contributed by atoms with Crippen LogP contribution in [0.25, 0.3) is 0 Å². The molecule has 1 heterocycles. The van der Waals surface area contributed by atoms with Crippen LogP contribution in [0.4, 0.5) is 0 Å². The number of hydrogen-bond donors (Lipinski definition) is 5. The van der Waals surface area contributed by atoms with Gasteiger partial charge in [-0.15, -0.1) is 0 Å². The summed E-state index contributed by atoms with van der Waals surface area (Å²) in [7, 11) is 0. The van der Waals surface area contributed by atoms with E-state index in [-0.39, 0.29) is 39.9 Å². The average Bonchev–Trinajstić information content (AvgIpc) is 1.33. The lowest BCUT2D eigenvalue weighted by atomic mass is 9.63. The summed E-state index contributed by atoms with van der Waals surface area (Å²) in [5.74, 6) is 2.73. The fraction of sp³-hybridized carbons (Fsp3) is 0.484. The predicted octanol–water partition coefficient (Wildman–Crippen LogP) is 27.5. The first kappa shape index (κ1) is 95.8. The smallest absolute Gasteiger partial charge is 0.0406 e. The van der Waals surface area contributed by atoms with Crippen molar-refractivity contribution in [3.05, 3.63) is 281 Å². The number of rotatable bonds is 24. The summed E-state index contributed by atoms with van der Waals surface area (Å²) in [6.07, 6.45) is 11.3. The predicted molar refractivity (Wildman–Crippen MR) is 473 cm³/mol. The van der Waals surface area contributed by atoms with E-state index in [1.54, 1.807) is 0 Å². The summed E-state index contributed by atoms with van der Waals surface area (Å²) in [6, 6.07) is 49.6. The number of allylic oxidation sites excluding steroid dienone is 5. The van der Waals surface area contributed by atoms with Crippen molar-refractivity contribution in [1.82, 2.24) is 5.32 Å². The van der Waals surface area contributed by atoms with Gasteiger partial charge in [-0.3, -0.25) is 0 Å². The Morgan fingerprint density at radius 3 is 1.12 bits per heavy atom. The van der Waals surface area contributed by atoms with E-state index in [9.17, 15) is 0 Å². The summed E-state index contributed by atoms with van der Waals surface area (Å²) in [5, 5.41) is 6.61. The molecule has 0 radical (unpaired) electrons. The van der Waals surface area contributed by atoms with Crippen molar-refractivity contribution < 1.29 is 0 Å². The van der Waals surface area contributed by atoms with Gasteiger partial charge in [0, 0.05) is 69.1 Å². The van der Waals surface area contributed by atoms with E-state index in [0.29, 0.717) is 61.7 Å². The van der Waals surface area contributed by atoms with Crippen molar-refractivity contribution in [1.29, 1.82) is 0 Å². The van der Waals surface area contributed by atoms with Crippen molar-refractivity contribution in [2.45, 2.75) is 216 Å². The minimum absolute atomic E-state index is 0. The molecule has 6 aromatic rings. The van der Waals surface area contributed by atoms with Crippen molar-refractivity contribution in [2.75, 3.05) is 39.3 Å². The van der Waals surface area contributed by atoms with E-state index < -0.39 is 0 Å². The normalized spacial score (nSPS) is 16.4. The van der Waals surface area contributed by atoms with Gasteiger partial charge in [-0.1, -0.05) is 361 Å². The summed E-state index contributed by atoms with van der Waals surface area (Å²) in [5.41, 5.74) is 38.8. The molecule has 104 heavy (non-hydrogen) atoms. The van der Waals surface area contributed by atoms with Crippen molar-refractivity contribution in [3.63, 3.8) is 0 Å². The first-order valence-electron chi connectivity index (χ1n) is 37.4. The highest BCUT2D eigenvalue weighted by atomic mass is 79.9. The number of nitrogens with one attached hydrogen (secondary N) is 1. The summed E-state index contributed by atoms with van der Waals surface area (Å²) < 4.78 is 2.21. The zero-order valence-electron chi connectivity index (χ0n) is 66.0. The fourth-order valence-corrected chi connectivity index (χ4v) is 15.4. The summed E-state index contributed by atoms with van der Waals surface area (Å²) in [6.45, 7) is 65.9. The van der Waals surface area contributed by atoms with Gasteiger partial charge in [0.15, 0.2) is 0 Å². The van der Waals surface area contributed by atoms with Crippen molar-refractivity contribution >= 4 is 78.3 Å². The first-order valence-corrected chi connectivity index (χ1v) is 40.5. The lowest BCUT2D eigenvalue weighted by molar-refractivity contribution is 0.321. The van der Waals surface area contributed by atoms with Crippen LogP contribution in [-0.4, -0.2) is 39.3 Å². The molecule has 2 aliphatic rings. The number of hydrogen-bond acceptors (Lipinski definition) is 5. The molecule has 0 bridgehead atoms. The Bertz CT molecular complexity index is 3550. The Balaban J connectivity index is 0.000000423. The zero-order chi connectivity index (χ0) is 77.8. The first-order chi connectivity index (χ1) is 48.2. The Morgan fingerprint density at radius 1 is 0.423 bits per heavy atom. The molecule has 0 aromatic heterocycles. The SMILES string of the molecule is C.C=C(C(C)(C)C)C(C)(CCN)c1ccc(Cl)cc1.C=C(C(C)C)C(C)(CCN)c1ccc(Cl)cc1.C=C(C(C)C)C(CCN)c1ccc(Br)cc1.C=C(C(C)C)C1(c2ccc(Cl)cc2)CCCCC1.C=C(C(C)C)C1(c2ccc(Cl)cc2)CCNC1.C=C(C(CCN)c1ccc(Br)cc1)C(C)(C)C. The molecule has 5 atom stereocenters. The third kappa shape index (κ3) is 28.0. The lowest BCUT2D eigenvalue weighted by Gasteiger charge is -2.41. The Morgan fingerprint density at radius 2 is 0.779 bits per heavy atom. The van der Waals surface area contributed by atoms with E-state index in [1.807, 2.05) is 48.5 Å². The van der Waals surface area contributed by atoms with Gasteiger partial charge in [0.05, 0.1) is 0 Å². The molecule has 5 unspecified atom stereocenters. The molecule has 0 spiro atoms. The third-order valence-corrected chi connectivity index (χ3v) is 23.6. The molecule has 1 saturated heterocycles. The molecule has 8 rings (SSSR count). The molecule has 1 aliphatic heterocycles. The minimum atomic E-state index is -0.0996. The highest BCUT2D eigenvalue weighted by molar-refractivity contribution is 9.10. The average molecular weight is 1620 g/mol. The van der Waals surface area contributed by atoms with E-state index in [0.717, 1.165) is 74.2 Å². The van der Waals surface area contributed by atoms with Crippen LogP contribution in [0.15, 0.2) is 227 Å². The molecule has 1 aliphatic carbocycles. The fourth-order valence-electron chi connectivity index (χ4n) is 14.4. The molecule has 11 heteroatoms. The van der Waals surface area contributed by atoms with Gasteiger partial charge in [0.1, 0.15) is 0 Å².